The number of nitrogens with one attached hydrogen (secondary N) is 1. The van der Waals surface area contributed by atoms with Gasteiger partial charge in [-0.05, 0) is 92.9 Å². The second-order valence-electron chi connectivity index (χ2n) is 13.8. The monoisotopic (exact) mass is 731 g/mol. The van der Waals surface area contributed by atoms with Gasteiger partial charge < -0.3 is 19.9 Å². The molecule has 0 radical (unpaired) electrons. The van der Waals surface area contributed by atoms with Gasteiger partial charge >= 0.3 is 18.3 Å². The number of rotatable bonds is 12. The highest BCUT2D eigenvalue weighted by molar-refractivity contribution is 5.84. The molecule has 0 spiro atoms. The number of alkyl halides is 7. The van der Waals surface area contributed by atoms with Crippen LogP contribution in [0.4, 0.5) is 35.1 Å². The lowest BCUT2D eigenvalue weighted by Gasteiger charge is -2.42. The number of likely N-dealkylation sites (tertiary alicyclic amines) is 1. The maximum Gasteiger partial charge on any atom is 0.427 e. The molecule has 2 N–H and O–H groups in total. The molecule has 51 heavy (non-hydrogen) atoms. The van der Waals surface area contributed by atoms with Crippen LogP contribution in [0.5, 0.6) is 0 Å². The number of hydrogen-bond acceptors (Lipinski definition) is 4. The first-order chi connectivity index (χ1) is 23.6. The number of carboxylic acids is 1. The maximum absolute atomic E-state index is 16.7. The minimum atomic E-state index is -5.78. The molecule has 1 saturated heterocycles. The molecule has 1 aliphatic heterocycles. The average molecular weight is 732 g/mol. The SMILES string of the molecule is CC1=CC(c2c(C)cccc2C)=C(F)C([C@H](CC(=O)O)NC(=O)C(CC(C)C)n2cc(CCN3CCC3)c(C(F)(F)F)cc2=O)C1(F)C(F)(F)F. The summed E-state index contributed by atoms with van der Waals surface area (Å²) in [6.45, 7) is 8.71. The molecule has 1 aromatic carbocycles. The molecule has 0 saturated carbocycles. The molecule has 280 valence electrons. The van der Waals surface area contributed by atoms with Crippen LogP contribution in [0.2, 0.25) is 0 Å². The minimum Gasteiger partial charge on any atom is -0.481 e. The topological polar surface area (TPSA) is 91.6 Å². The number of pyridine rings is 1. The van der Waals surface area contributed by atoms with Crippen LogP contribution in [0.15, 0.2) is 52.7 Å². The van der Waals surface area contributed by atoms with Crippen molar-refractivity contribution >= 4 is 17.4 Å². The molecule has 4 rings (SSSR count). The van der Waals surface area contributed by atoms with Crippen molar-refractivity contribution in [1.29, 1.82) is 0 Å². The van der Waals surface area contributed by atoms with E-state index in [9.17, 15) is 45.8 Å². The highest BCUT2D eigenvalue weighted by Gasteiger charge is 2.66. The van der Waals surface area contributed by atoms with Crippen molar-refractivity contribution in [2.75, 3.05) is 19.6 Å². The summed E-state index contributed by atoms with van der Waals surface area (Å²) in [5, 5.41) is 11.9. The summed E-state index contributed by atoms with van der Waals surface area (Å²) in [7, 11) is 0. The highest BCUT2D eigenvalue weighted by Crippen LogP contribution is 2.54. The fourth-order valence-electron chi connectivity index (χ4n) is 6.96. The number of halogens is 8. The van der Waals surface area contributed by atoms with Crippen LogP contribution in [0, 0.1) is 25.7 Å². The van der Waals surface area contributed by atoms with E-state index in [2.05, 4.69) is 5.32 Å². The Labute approximate surface area is 290 Å². The van der Waals surface area contributed by atoms with Gasteiger partial charge in [-0.15, -0.1) is 0 Å². The van der Waals surface area contributed by atoms with E-state index in [1.165, 1.54) is 0 Å². The Hall–Kier alpha value is -4.01. The lowest BCUT2D eigenvalue weighted by Crippen LogP contribution is -2.59. The van der Waals surface area contributed by atoms with Crippen molar-refractivity contribution in [2.45, 2.75) is 90.4 Å². The molecule has 2 aliphatic rings. The molecule has 1 aliphatic carbocycles. The molecular weight excluding hydrogens is 690 g/mol. The molecule has 1 fully saturated rings. The maximum atomic E-state index is 16.7. The van der Waals surface area contributed by atoms with E-state index in [1.807, 2.05) is 4.90 Å². The molecule has 7 nitrogen and oxygen atoms in total. The van der Waals surface area contributed by atoms with E-state index >= 15 is 8.78 Å². The summed E-state index contributed by atoms with van der Waals surface area (Å²) in [6.07, 6.45) is -9.98. The quantitative estimate of drug-likeness (QED) is 0.221. The number of benzene rings is 1. The van der Waals surface area contributed by atoms with Gasteiger partial charge in [0, 0.05) is 24.4 Å². The molecule has 15 heteroatoms. The molecule has 1 amide bonds. The number of carboxylic acid groups (broad SMARTS) is 1. The molecule has 4 atom stereocenters. The van der Waals surface area contributed by atoms with Crippen molar-refractivity contribution in [2.24, 2.45) is 11.8 Å². The third kappa shape index (κ3) is 8.23. The van der Waals surface area contributed by atoms with E-state index in [4.69, 9.17) is 0 Å². The van der Waals surface area contributed by atoms with Gasteiger partial charge in [0.2, 0.25) is 11.6 Å². The second kappa shape index (κ2) is 14.9. The first-order valence-corrected chi connectivity index (χ1v) is 16.5. The van der Waals surface area contributed by atoms with Gasteiger partial charge in [0.15, 0.2) is 0 Å². The first kappa shape index (κ1) is 39.8. The summed E-state index contributed by atoms with van der Waals surface area (Å²) in [6, 6.07) is 1.05. The summed E-state index contributed by atoms with van der Waals surface area (Å²) in [4.78, 5) is 41.2. The minimum absolute atomic E-state index is 0.145. The van der Waals surface area contributed by atoms with Gasteiger partial charge in [-0.2, -0.15) is 26.3 Å². The number of hydrogen-bond donors (Lipinski definition) is 2. The second-order valence-corrected chi connectivity index (χ2v) is 13.8. The predicted molar refractivity (Wildman–Crippen MR) is 174 cm³/mol. The van der Waals surface area contributed by atoms with Gasteiger partial charge in [0.25, 0.3) is 5.56 Å². The number of allylic oxidation sites excluding steroid dienone is 3. The smallest absolute Gasteiger partial charge is 0.427 e. The third-order valence-electron chi connectivity index (χ3n) is 9.63. The highest BCUT2D eigenvalue weighted by atomic mass is 19.4. The third-order valence-corrected chi connectivity index (χ3v) is 9.63. The van der Waals surface area contributed by atoms with Crippen molar-refractivity contribution in [3.8, 4) is 0 Å². The Bertz CT molecular complexity index is 1750. The van der Waals surface area contributed by atoms with Crippen molar-refractivity contribution in [3.63, 3.8) is 0 Å². The molecule has 0 bridgehead atoms. The number of aliphatic carboxylic acids is 1. The number of carbonyl (C=O) groups excluding carboxylic acids is 1. The van der Waals surface area contributed by atoms with E-state index in [1.54, 1.807) is 45.9 Å². The Morgan fingerprint density at radius 1 is 1.06 bits per heavy atom. The lowest BCUT2D eigenvalue weighted by molar-refractivity contribution is -0.234. The van der Waals surface area contributed by atoms with Gasteiger partial charge in [-0.25, -0.2) is 8.78 Å². The van der Waals surface area contributed by atoms with Crippen LogP contribution < -0.4 is 10.9 Å². The number of carbonyl (C=O) groups is 2. The number of aromatic nitrogens is 1. The zero-order valence-corrected chi connectivity index (χ0v) is 28.8. The Morgan fingerprint density at radius 2 is 1.67 bits per heavy atom. The zero-order valence-electron chi connectivity index (χ0n) is 28.8. The van der Waals surface area contributed by atoms with Gasteiger partial charge in [0.1, 0.15) is 11.9 Å². The summed E-state index contributed by atoms with van der Waals surface area (Å²) < 4.78 is 120. The summed E-state index contributed by atoms with van der Waals surface area (Å²) >= 11 is 0. The lowest BCUT2D eigenvalue weighted by atomic mass is 9.70. The van der Waals surface area contributed by atoms with E-state index in [0.29, 0.717) is 30.3 Å². The largest absolute Gasteiger partial charge is 0.481 e. The van der Waals surface area contributed by atoms with Gasteiger partial charge in [-0.3, -0.25) is 14.4 Å². The molecule has 1 aromatic heterocycles. The van der Waals surface area contributed by atoms with Crippen LogP contribution >= 0.6 is 0 Å². The van der Waals surface area contributed by atoms with E-state index < -0.39 is 88.3 Å². The predicted octanol–water partition coefficient (Wildman–Crippen LogP) is 7.51. The van der Waals surface area contributed by atoms with Crippen LogP contribution in [0.3, 0.4) is 0 Å². The molecule has 3 unspecified atom stereocenters. The fraction of sp³-hybridized carbons (Fsp3) is 0.528. The van der Waals surface area contributed by atoms with Crippen LogP contribution in [0.1, 0.15) is 73.9 Å². The summed E-state index contributed by atoms with van der Waals surface area (Å²) in [5.74, 6) is -8.08. The van der Waals surface area contributed by atoms with Gasteiger partial charge in [-0.1, -0.05) is 32.0 Å². The Kier molecular flexibility index (Phi) is 11.6. The average Bonchev–Trinajstić information content (AvgIpc) is 2.96. The fourth-order valence-corrected chi connectivity index (χ4v) is 6.96. The molecular formula is C36H41F8N3O4. The van der Waals surface area contributed by atoms with Crippen LogP contribution in [-0.4, -0.2) is 64.0 Å². The number of nitrogens with zero attached hydrogens (tertiary/aromatic N) is 2. The van der Waals surface area contributed by atoms with Crippen molar-refractivity contribution in [3.05, 3.63) is 86.1 Å². The van der Waals surface area contributed by atoms with Crippen LogP contribution in [0.25, 0.3) is 5.57 Å². The summed E-state index contributed by atoms with van der Waals surface area (Å²) in [5.41, 5.74) is -7.62. The Morgan fingerprint density at radius 3 is 2.16 bits per heavy atom. The zero-order chi connectivity index (χ0) is 38.2. The normalized spacial score (nSPS) is 21.3. The van der Waals surface area contributed by atoms with Crippen LogP contribution in [-0.2, 0) is 22.2 Å². The van der Waals surface area contributed by atoms with E-state index in [-0.39, 0.29) is 30.5 Å². The first-order valence-electron chi connectivity index (χ1n) is 16.5. The Balaban J connectivity index is 1.87. The standard InChI is InChI=1S/C36H41F8N3O4/c1-19(2)14-27(47-18-23(10-13-46-11-7-12-46)25(16-28(47)48)35(39,40)41)33(51)45-26(17-29(49)50)31-32(37)24(30-20(3)8-6-9-21(30)4)15-22(5)34(31,38)36(42,43)44/h6,8-9,15-16,18-19,26-27,31H,7,10-14,17H2,1-5H3,(H,45,51)(H,49,50)/t26-,27?,31?,34?/m0/s1. The number of aryl methyl sites for hydroxylation is 2. The molecule has 2 aromatic rings. The van der Waals surface area contributed by atoms with Crippen molar-refractivity contribution < 1.29 is 49.8 Å². The number of amides is 1. The van der Waals surface area contributed by atoms with Gasteiger partial charge in [0.05, 0.1) is 23.9 Å². The molecule has 2 heterocycles. The van der Waals surface area contributed by atoms with Crippen molar-refractivity contribution in [1.82, 2.24) is 14.8 Å². The van der Waals surface area contributed by atoms with E-state index in [0.717, 1.165) is 30.2 Å².